The van der Waals surface area contributed by atoms with Crippen molar-refractivity contribution in [1.82, 2.24) is 5.32 Å². The van der Waals surface area contributed by atoms with E-state index in [2.05, 4.69) is 5.32 Å². The molecule has 1 saturated heterocycles. The molecule has 0 aliphatic carbocycles. The summed E-state index contributed by atoms with van der Waals surface area (Å²) in [4.78, 5) is 13.1. The van der Waals surface area contributed by atoms with Crippen molar-refractivity contribution in [3.8, 4) is 0 Å². The van der Waals surface area contributed by atoms with Crippen molar-refractivity contribution in [1.29, 1.82) is 0 Å². The summed E-state index contributed by atoms with van der Waals surface area (Å²) in [5, 5.41) is 4.60. The first kappa shape index (κ1) is 9.89. The van der Waals surface area contributed by atoms with Crippen LogP contribution in [-0.2, 0) is 4.79 Å². The average Bonchev–Trinajstić information content (AvgIpc) is 2.62. The fourth-order valence-corrected chi connectivity index (χ4v) is 3.03. The molecule has 1 aliphatic rings. The standard InChI is InChI=1S/C9H7NOS3/c1-5-2-3-13-6(5)4-7-8(11)10-9(12)14-7/h2-4H,1H3,(H,10,11,12)/b7-4-. The molecule has 0 atom stereocenters. The minimum atomic E-state index is -0.0900. The maximum Gasteiger partial charge on any atom is 0.263 e. The maximum atomic E-state index is 11.3. The summed E-state index contributed by atoms with van der Waals surface area (Å²) in [6, 6.07) is 2.03. The highest BCUT2D eigenvalue weighted by atomic mass is 32.2. The quantitative estimate of drug-likeness (QED) is 0.605. The van der Waals surface area contributed by atoms with E-state index in [1.54, 1.807) is 11.3 Å². The van der Waals surface area contributed by atoms with E-state index in [-0.39, 0.29) is 5.91 Å². The zero-order valence-corrected chi connectivity index (χ0v) is 9.81. The lowest BCUT2D eigenvalue weighted by atomic mass is 10.3. The van der Waals surface area contributed by atoms with Crippen LogP contribution in [0.4, 0.5) is 0 Å². The molecule has 1 fully saturated rings. The summed E-state index contributed by atoms with van der Waals surface area (Å²) >= 11 is 7.84. The Labute approximate surface area is 95.4 Å². The third kappa shape index (κ3) is 1.89. The molecule has 72 valence electrons. The van der Waals surface area contributed by atoms with Gasteiger partial charge in [-0.2, -0.15) is 0 Å². The number of hydrogen-bond acceptors (Lipinski definition) is 4. The van der Waals surface area contributed by atoms with E-state index >= 15 is 0 Å². The number of thioether (sulfide) groups is 1. The summed E-state index contributed by atoms with van der Waals surface area (Å²) in [6.07, 6.45) is 1.89. The topological polar surface area (TPSA) is 29.1 Å². The fourth-order valence-electron chi connectivity index (χ4n) is 1.07. The fraction of sp³-hybridized carbons (Fsp3) is 0.111. The van der Waals surface area contributed by atoms with E-state index in [1.807, 2.05) is 24.4 Å². The maximum absolute atomic E-state index is 11.3. The van der Waals surface area contributed by atoms with Gasteiger partial charge in [-0.05, 0) is 30.0 Å². The molecule has 5 heteroatoms. The SMILES string of the molecule is Cc1ccsc1/C=C1\SC(=S)NC1=O. The zero-order chi connectivity index (χ0) is 10.1. The van der Waals surface area contributed by atoms with Gasteiger partial charge in [0.1, 0.15) is 4.32 Å². The molecular formula is C9H7NOS3. The van der Waals surface area contributed by atoms with Gasteiger partial charge in [0.25, 0.3) is 5.91 Å². The molecule has 1 N–H and O–H groups in total. The van der Waals surface area contributed by atoms with E-state index < -0.39 is 0 Å². The molecule has 0 spiro atoms. The Morgan fingerprint density at radius 2 is 2.36 bits per heavy atom. The highest BCUT2D eigenvalue weighted by Crippen LogP contribution is 2.28. The molecule has 0 unspecified atom stereocenters. The number of thiocarbonyl (C=S) groups is 1. The van der Waals surface area contributed by atoms with Crippen LogP contribution in [0, 0.1) is 6.92 Å². The second-order valence-corrected chi connectivity index (χ2v) is 5.49. The van der Waals surface area contributed by atoms with Crippen LogP contribution in [0.1, 0.15) is 10.4 Å². The Bertz CT molecular complexity index is 433. The lowest BCUT2D eigenvalue weighted by molar-refractivity contribution is -0.115. The summed E-state index contributed by atoms with van der Waals surface area (Å²) in [5.74, 6) is -0.0900. The Kier molecular flexibility index (Phi) is 2.71. The van der Waals surface area contributed by atoms with Gasteiger partial charge >= 0.3 is 0 Å². The average molecular weight is 241 g/mol. The number of rotatable bonds is 1. The van der Waals surface area contributed by atoms with E-state index in [4.69, 9.17) is 12.2 Å². The number of amides is 1. The van der Waals surface area contributed by atoms with E-state index in [1.165, 1.54) is 17.3 Å². The van der Waals surface area contributed by atoms with E-state index in [0.29, 0.717) is 9.23 Å². The summed E-state index contributed by atoms with van der Waals surface area (Å²) in [6.45, 7) is 2.03. The Hall–Kier alpha value is -0.650. The van der Waals surface area contributed by atoms with E-state index in [0.717, 1.165) is 4.88 Å². The van der Waals surface area contributed by atoms with Gasteiger partial charge in [0.2, 0.25) is 0 Å². The predicted octanol–water partition coefficient (Wildman–Crippen LogP) is 2.55. The number of aryl methyl sites for hydroxylation is 1. The minimum absolute atomic E-state index is 0.0900. The van der Waals surface area contributed by atoms with Crippen molar-refractivity contribution >= 4 is 51.6 Å². The Morgan fingerprint density at radius 3 is 2.86 bits per heavy atom. The van der Waals surface area contributed by atoms with Crippen LogP contribution in [-0.4, -0.2) is 10.2 Å². The van der Waals surface area contributed by atoms with Crippen molar-refractivity contribution in [3.63, 3.8) is 0 Å². The first-order valence-electron chi connectivity index (χ1n) is 3.96. The molecule has 0 saturated carbocycles. The number of hydrogen-bond donors (Lipinski definition) is 1. The molecular weight excluding hydrogens is 234 g/mol. The van der Waals surface area contributed by atoms with Crippen LogP contribution in [0.15, 0.2) is 16.4 Å². The van der Waals surface area contributed by atoms with Gasteiger partial charge in [-0.1, -0.05) is 24.0 Å². The van der Waals surface area contributed by atoms with Crippen LogP contribution >= 0.6 is 35.3 Å². The predicted molar refractivity (Wildman–Crippen MR) is 65.4 cm³/mol. The number of thiophene rings is 1. The number of nitrogens with one attached hydrogen (secondary N) is 1. The first-order valence-corrected chi connectivity index (χ1v) is 6.06. The van der Waals surface area contributed by atoms with Gasteiger partial charge in [-0.3, -0.25) is 4.79 Å². The molecule has 14 heavy (non-hydrogen) atoms. The Morgan fingerprint density at radius 1 is 1.57 bits per heavy atom. The molecule has 1 aromatic rings. The molecule has 0 radical (unpaired) electrons. The van der Waals surface area contributed by atoms with Crippen molar-refractivity contribution in [3.05, 3.63) is 26.8 Å². The smallest absolute Gasteiger partial charge is 0.263 e. The molecule has 0 bridgehead atoms. The van der Waals surface area contributed by atoms with Crippen LogP contribution in [0.3, 0.4) is 0 Å². The largest absolute Gasteiger partial charge is 0.307 e. The van der Waals surface area contributed by atoms with E-state index in [9.17, 15) is 4.79 Å². The lowest BCUT2D eigenvalue weighted by Gasteiger charge is -1.91. The minimum Gasteiger partial charge on any atom is -0.307 e. The number of carbonyl (C=O) groups excluding carboxylic acids is 1. The van der Waals surface area contributed by atoms with Crippen LogP contribution in [0.2, 0.25) is 0 Å². The second-order valence-electron chi connectivity index (χ2n) is 2.82. The molecule has 1 aromatic heterocycles. The highest BCUT2D eigenvalue weighted by Gasteiger charge is 2.22. The molecule has 2 rings (SSSR count). The highest BCUT2D eigenvalue weighted by molar-refractivity contribution is 8.26. The summed E-state index contributed by atoms with van der Waals surface area (Å²) in [7, 11) is 0. The van der Waals surface area contributed by atoms with Crippen LogP contribution < -0.4 is 5.32 Å². The molecule has 1 aliphatic heterocycles. The van der Waals surface area contributed by atoms with Crippen molar-refractivity contribution in [2.45, 2.75) is 6.92 Å². The van der Waals surface area contributed by atoms with Gasteiger partial charge in [0.05, 0.1) is 4.91 Å². The van der Waals surface area contributed by atoms with Gasteiger partial charge in [0, 0.05) is 4.88 Å². The lowest BCUT2D eigenvalue weighted by Crippen LogP contribution is -2.17. The first-order chi connectivity index (χ1) is 6.66. The van der Waals surface area contributed by atoms with Gasteiger partial charge in [-0.25, -0.2) is 0 Å². The normalized spacial score (nSPS) is 19.1. The summed E-state index contributed by atoms with van der Waals surface area (Å²) < 4.78 is 0.537. The summed E-state index contributed by atoms with van der Waals surface area (Å²) in [5.41, 5.74) is 1.19. The monoisotopic (exact) mass is 241 g/mol. The molecule has 0 aromatic carbocycles. The molecule has 2 nitrogen and oxygen atoms in total. The molecule has 2 heterocycles. The van der Waals surface area contributed by atoms with Gasteiger partial charge in [0.15, 0.2) is 0 Å². The number of carbonyl (C=O) groups is 1. The van der Waals surface area contributed by atoms with Crippen LogP contribution in [0.25, 0.3) is 6.08 Å². The third-order valence-corrected chi connectivity index (χ3v) is 3.93. The van der Waals surface area contributed by atoms with Crippen LogP contribution in [0.5, 0.6) is 0 Å². The molecule has 1 amide bonds. The Balaban J connectivity index is 2.32. The van der Waals surface area contributed by atoms with Gasteiger partial charge < -0.3 is 5.32 Å². The van der Waals surface area contributed by atoms with Gasteiger partial charge in [-0.15, -0.1) is 11.3 Å². The second kappa shape index (κ2) is 3.84. The van der Waals surface area contributed by atoms with Crippen molar-refractivity contribution in [2.75, 3.05) is 0 Å². The van der Waals surface area contributed by atoms with Crippen molar-refractivity contribution in [2.24, 2.45) is 0 Å². The third-order valence-electron chi connectivity index (χ3n) is 1.81. The zero-order valence-electron chi connectivity index (χ0n) is 7.37. The van der Waals surface area contributed by atoms with Crippen molar-refractivity contribution < 1.29 is 4.79 Å².